The molecule has 0 heterocycles. The van der Waals surface area contributed by atoms with Gasteiger partial charge in [-0.15, -0.1) is 0 Å². The molecule has 2 N–H and O–H groups in total. The number of halogens is 1. The molecule has 0 saturated carbocycles. The van der Waals surface area contributed by atoms with Crippen molar-refractivity contribution in [2.75, 3.05) is 0 Å². The molecule has 1 unspecified atom stereocenters. The molecule has 16 heavy (non-hydrogen) atoms. The molecule has 1 aliphatic rings. The van der Waals surface area contributed by atoms with Gasteiger partial charge >= 0.3 is 7.12 Å². The van der Waals surface area contributed by atoms with Crippen LogP contribution in [0.1, 0.15) is 12.0 Å². The first kappa shape index (κ1) is 11.6. The molecular formula is C12H12BBrO2. The second-order valence-corrected chi connectivity index (χ2v) is 5.35. The molecule has 0 saturated heterocycles. The highest BCUT2D eigenvalue weighted by molar-refractivity contribution is 9.10. The largest absolute Gasteiger partial charge is 0.473 e. The van der Waals surface area contributed by atoms with Crippen LogP contribution in [0.25, 0.3) is 5.57 Å². The van der Waals surface area contributed by atoms with Gasteiger partial charge in [0.1, 0.15) is 0 Å². The van der Waals surface area contributed by atoms with Crippen molar-refractivity contribution in [3.8, 4) is 0 Å². The number of allylic oxidation sites excluding steroid dienone is 4. The maximum Gasteiger partial charge on any atom is 0.473 e. The molecule has 82 valence electrons. The monoisotopic (exact) mass is 278 g/mol. The van der Waals surface area contributed by atoms with Gasteiger partial charge in [0.25, 0.3) is 0 Å². The molecule has 1 aromatic rings. The molecule has 0 radical (unpaired) electrons. The Morgan fingerprint density at radius 2 is 1.88 bits per heavy atom. The van der Waals surface area contributed by atoms with Crippen molar-refractivity contribution >= 4 is 28.6 Å². The minimum absolute atomic E-state index is 0.570. The Hall–Kier alpha value is -0.835. The van der Waals surface area contributed by atoms with Crippen LogP contribution in [0.2, 0.25) is 0 Å². The molecule has 0 spiro atoms. The standard InChI is InChI=1S/C12H12BBrO2/c14-12(13(15)16)8-4-7-11(9-12)10-5-2-1-3-6-10/h1-7,9,15-16H,8H2. The summed E-state index contributed by atoms with van der Waals surface area (Å²) in [4.78, 5) is 0. The minimum atomic E-state index is -1.41. The number of hydrogen-bond donors (Lipinski definition) is 2. The van der Waals surface area contributed by atoms with Gasteiger partial charge in [-0.25, -0.2) is 0 Å². The highest BCUT2D eigenvalue weighted by Crippen LogP contribution is 2.34. The zero-order chi connectivity index (χ0) is 11.6. The quantitative estimate of drug-likeness (QED) is 0.643. The van der Waals surface area contributed by atoms with E-state index >= 15 is 0 Å². The normalized spacial score (nSPS) is 24.1. The topological polar surface area (TPSA) is 40.5 Å². The fourth-order valence-corrected chi connectivity index (χ4v) is 2.16. The van der Waals surface area contributed by atoms with Crippen LogP contribution >= 0.6 is 15.9 Å². The van der Waals surface area contributed by atoms with Gasteiger partial charge in [-0.1, -0.05) is 64.5 Å². The van der Waals surface area contributed by atoms with E-state index in [-0.39, 0.29) is 0 Å². The molecule has 4 heteroatoms. The van der Waals surface area contributed by atoms with Gasteiger partial charge in [-0.2, -0.15) is 0 Å². The summed E-state index contributed by atoms with van der Waals surface area (Å²) in [7, 11) is -1.41. The van der Waals surface area contributed by atoms with Crippen LogP contribution in [0.15, 0.2) is 48.6 Å². The van der Waals surface area contributed by atoms with Gasteiger partial charge in [-0.05, 0) is 17.6 Å². The second kappa shape index (κ2) is 4.57. The Balaban J connectivity index is 2.36. The smallest absolute Gasteiger partial charge is 0.426 e. The van der Waals surface area contributed by atoms with Crippen molar-refractivity contribution in [3.05, 3.63) is 54.1 Å². The highest BCUT2D eigenvalue weighted by atomic mass is 79.9. The first-order chi connectivity index (χ1) is 7.62. The van der Waals surface area contributed by atoms with Gasteiger partial charge in [0, 0.05) is 0 Å². The molecule has 0 aliphatic heterocycles. The van der Waals surface area contributed by atoms with Gasteiger partial charge in [0.2, 0.25) is 0 Å². The van der Waals surface area contributed by atoms with E-state index in [0.29, 0.717) is 6.42 Å². The Morgan fingerprint density at radius 3 is 2.50 bits per heavy atom. The first-order valence-corrected chi connectivity index (χ1v) is 5.91. The van der Waals surface area contributed by atoms with Crippen LogP contribution < -0.4 is 0 Å². The van der Waals surface area contributed by atoms with E-state index in [1.165, 1.54) is 0 Å². The Bertz CT molecular complexity index is 428. The van der Waals surface area contributed by atoms with E-state index in [0.717, 1.165) is 11.1 Å². The predicted molar refractivity (Wildman–Crippen MR) is 70.0 cm³/mol. The lowest BCUT2D eigenvalue weighted by atomic mass is 9.68. The van der Waals surface area contributed by atoms with Gasteiger partial charge in [-0.3, -0.25) is 0 Å². The van der Waals surface area contributed by atoms with Crippen LogP contribution in [0.5, 0.6) is 0 Å². The van der Waals surface area contributed by atoms with Crippen molar-refractivity contribution in [2.45, 2.75) is 10.6 Å². The number of hydrogen-bond acceptors (Lipinski definition) is 2. The van der Waals surface area contributed by atoms with Crippen LogP contribution in [-0.4, -0.2) is 21.4 Å². The van der Waals surface area contributed by atoms with Crippen molar-refractivity contribution in [3.63, 3.8) is 0 Å². The van der Waals surface area contributed by atoms with Gasteiger partial charge < -0.3 is 10.0 Å². The third-order valence-corrected chi connectivity index (χ3v) is 3.62. The molecule has 0 aromatic heterocycles. The van der Waals surface area contributed by atoms with E-state index in [9.17, 15) is 10.0 Å². The van der Waals surface area contributed by atoms with E-state index in [2.05, 4.69) is 15.9 Å². The molecular weight excluding hydrogens is 267 g/mol. The summed E-state index contributed by atoms with van der Waals surface area (Å²) in [6.45, 7) is 0. The van der Waals surface area contributed by atoms with Crippen molar-refractivity contribution in [2.24, 2.45) is 0 Å². The van der Waals surface area contributed by atoms with Gasteiger partial charge in [0.15, 0.2) is 0 Å². The van der Waals surface area contributed by atoms with Crippen LogP contribution in [-0.2, 0) is 0 Å². The zero-order valence-corrected chi connectivity index (χ0v) is 10.3. The molecule has 2 nitrogen and oxygen atoms in total. The number of benzene rings is 1. The Kier molecular flexibility index (Phi) is 3.33. The third-order valence-electron chi connectivity index (χ3n) is 2.66. The lowest BCUT2D eigenvalue weighted by molar-refractivity contribution is 0.391. The fourth-order valence-electron chi connectivity index (χ4n) is 1.72. The summed E-state index contributed by atoms with van der Waals surface area (Å²) in [5, 5.41) is 18.7. The highest BCUT2D eigenvalue weighted by Gasteiger charge is 2.38. The number of alkyl halides is 1. The summed E-state index contributed by atoms with van der Waals surface area (Å²) in [5.41, 5.74) is 2.07. The SMILES string of the molecule is OB(O)C1(Br)C=C(c2ccccc2)C=CC1. The molecule has 1 aliphatic carbocycles. The molecule has 0 fully saturated rings. The van der Waals surface area contributed by atoms with E-state index < -0.39 is 11.3 Å². The Morgan fingerprint density at radius 1 is 1.19 bits per heavy atom. The summed E-state index contributed by atoms with van der Waals surface area (Å²) >= 11 is 3.37. The average molecular weight is 279 g/mol. The van der Waals surface area contributed by atoms with Crippen molar-refractivity contribution in [1.29, 1.82) is 0 Å². The zero-order valence-electron chi connectivity index (χ0n) is 8.68. The summed E-state index contributed by atoms with van der Waals surface area (Å²) < 4.78 is -0.771. The third kappa shape index (κ3) is 2.29. The molecule has 1 aromatic carbocycles. The summed E-state index contributed by atoms with van der Waals surface area (Å²) in [6, 6.07) is 9.88. The molecule has 1 atom stereocenters. The lowest BCUT2D eigenvalue weighted by Crippen LogP contribution is -2.39. The number of rotatable bonds is 2. The first-order valence-electron chi connectivity index (χ1n) is 5.12. The van der Waals surface area contributed by atoms with Crippen LogP contribution in [0.3, 0.4) is 0 Å². The minimum Gasteiger partial charge on any atom is -0.426 e. The van der Waals surface area contributed by atoms with E-state index in [1.54, 1.807) is 0 Å². The summed E-state index contributed by atoms with van der Waals surface area (Å²) in [5.74, 6) is 0. The van der Waals surface area contributed by atoms with E-state index in [4.69, 9.17) is 0 Å². The summed E-state index contributed by atoms with van der Waals surface area (Å²) in [6.07, 6.45) is 6.36. The average Bonchev–Trinajstić information content (AvgIpc) is 2.30. The van der Waals surface area contributed by atoms with Crippen LogP contribution in [0.4, 0.5) is 0 Å². The predicted octanol–water partition coefficient (Wildman–Crippen LogP) is 2.18. The second-order valence-electron chi connectivity index (χ2n) is 3.87. The molecule has 0 bridgehead atoms. The van der Waals surface area contributed by atoms with Crippen molar-refractivity contribution < 1.29 is 10.0 Å². The maximum absolute atomic E-state index is 9.33. The lowest BCUT2D eigenvalue weighted by Gasteiger charge is -2.25. The Labute approximate surface area is 104 Å². The van der Waals surface area contributed by atoms with E-state index in [1.807, 2.05) is 48.6 Å². The van der Waals surface area contributed by atoms with Crippen molar-refractivity contribution in [1.82, 2.24) is 0 Å². The molecule has 2 rings (SSSR count). The van der Waals surface area contributed by atoms with Gasteiger partial charge in [0.05, 0.1) is 4.22 Å². The maximum atomic E-state index is 9.33. The molecule has 0 amide bonds. The van der Waals surface area contributed by atoms with Crippen LogP contribution in [0, 0.1) is 0 Å². The fraction of sp³-hybridized carbons (Fsp3) is 0.167.